The average molecular weight is 420 g/mol. The number of rotatable bonds is 8. The average Bonchev–Trinajstić information content (AvgIpc) is 2.74. The van der Waals surface area contributed by atoms with Crippen molar-refractivity contribution in [2.24, 2.45) is 0 Å². The van der Waals surface area contributed by atoms with Crippen LogP contribution in [0.2, 0.25) is 0 Å². The summed E-state index contributed by atoms with van der Waals surface area (Å²) in [4.78, 5) is 0. The number of hydrogen-bond donors (Lipinski definition) is 4. The van der Waals surface area contributed by atoms with Crippen molar-refractivity contribution >= 4 is 0 Å². The monoisotopic (exact) mass is 420 g/mol. The number of ether oxygens (including phenoxy) is 4. The third kappa shape index (κ3) is 5.08. The van der Waals surface area contributed by atoms with E-state index in [0.29, 0.717) is 25.7 Å². The number of aryl methyl sites for hydroxylation is 1. The molecule has 8 nitrogen and oxygen atoms in total. The predicted molar refractivity (Wildman–Crippen MR) is 108 cm³/mol. The third-order valence-corrected chi connectivity index (χ3v) is 5.25. The predicted octanol–water partition coefficient (Wildman–Crippen LogP) is 2.66. The Morgan fingerprint density at radius 3 is 2.33 bits per heavy atom. The molecule has 1 fully saturated rings. The summed E-state index contributed by atoms with van der Waals surface area (Å²) in [6.45, 7) is -0.518. The molecule has 0 unspecified atom stereocenters. The number of aromatic hydroxyl groups is 2. The molecule has 3 atom stereocenters. The van der Waals surface area contributed by atoms with Crippen LogP contribution in [0.4, 0.5) is 0 Å². The van der Waals surface area contributed by atoms with Crippen LogP contribution in [0.25, 0.3) is 0 Å². The fraction of sp³-hybridized carbons (Fsp3) is 0.455. The fourth-order valence-electron chi connectivity index (χ4n) is 3.72. The van der Waals surface area contributed by atoms with Crippen molar-refractivity contribution in [2.75, 3.05) is 21.0 Å². The van der Waals surface area contributed by atoms with E-state index in [-0.39, 0.29) is 41.0 Å². The second-order valence-corrected chi connectivity index (χ2v) is 7.26. The standard InChI is InChI=1S/C22H28O8/c1-27-20-8-14(9-21(28-2)22(20)26)18-11-15(24)10-16(30-18)5-3-13-4-6-17(25)19(7-13)29-12-23/h4,6-9,15-16,18,23-26H,3,5,10-12H2,1-2H3/t15-,16-,18+/m0/s1. The largest absolute Gasteiger partial charge is 0.504 e. The molecule has 1 aliphatic heterocycles. The molecule has 3 rings (SSSR count). The first-order valence-corrected chi connectivity index (χ1v) is 9.79. The zero-order valence-electron chi connectivity index (χ0n) is 17.1. The van der Waals surface area contributed by atoms with Crippen LogP contribution in [0.3, 0.4) is 0 Å². The van der Waals surface area contributed by atoms with Gasteiger partial charge in [0.2, 0.25) is 5.75 Å². The van der Waals surface area contributed by atoms with Crippen molar-refractivity contribution < 1.29 is 39.4 Å². The minimum atomic E-state index is -0.521. The highest BCUT2D eigenvalue weighted by Gasteiger charge is 2.30. The molecular formula is C22H28O8. The maximum Gasteiger partial charge on any atom is 0.200 e. The molecule has 0 radical (unpaired) electrons. The number of hydrogen-bond acceptors (Lipinski definition) is 8. The summed E-state index contributed by atoms with van der Waals surface area (Å²) in [6, 6.07) is 8.37. The SMILES string of the molecule is COc1cc([C@H]2C[C@@H](O)C[C@H](CCc3ccc(O)c(OCO)c3)O2)cc(OC)c1O. The normalized spacial score (nSPS) is 21.3. The zero-order chi connectivity index (χ0) is 21.7. The lowest BCUT2D eigenvalue weighted by Crippen LogP contribution is -2.31. The summed E-state index contributed by atoms with van der Waals surface area (Å²) >= 11 is 0. The van der Waals surface area contributed by atoms with Gasteiger partial charge in [-0.05, 0) is 54.7 Å². The van der Waals surface area contributed by atoms with E-state index in [2.05, 4.69) is 0 Å². The van der Waals surface area contributed by atoms with Gasteiger partial charge in [0.1, 0.15) is 0 Å². The lowest BCUT2D eigenvalue weighted by atomic mass is 9.93. The van der Waals surface area contributed by atoms with Crippen LogP contribution in [0.15, 0.2) is 30.3 Å². The van der Waals surface area contributed by atoms with Crippen LogP contribution < -0.4 is 14.2 Å². The van der Waals surface area contributed by atoms with Gasteiger partial charge in [-0.3, -0.25) is 0 Å². The van der Waals surface area contributed by atoms with Gasteiger partial charge in [-0.2, -0.15) is 0 Å². The van der Waals surface area contributed by atoms with Gasteiger partial charge in [0, 0.05) is 6.42 Å². The van der Waals surface area contributed by atoms with Crippen LogP contribution in [-0.2, 0) is 11.2 Å². The van der Waals surface area contributed by atoms with Crippen molar-refractivity contribution in [2.45, 2.75) is 44.0 Å². The van der Waals surface area contributed by atoms with E-state index >= 15 is 0 Å². The summed E-state index contributed by atoms with van der Waals surface area (Å²) in [5.41, 5.74) is 1.68. The molecule has 2 aromatic carbocycles. The first kappa shape index (κ1) is 22.0. The Labute approximate surface area is 175 Å². The van der Waals surface area contributed by atoms with Crippen LogP contribution in [-0.4, -0.2) is 53.6 Å². The Hall–Kier alpha value is -2.68. The fourth-order valence-corrected chi connectivity index (χ4v) is 3.72. The molecule has 1 aliphatic rings. The molecule has 0 amide bonds. The van der Waals surface area contributed by atoms with Gasteiger partial charge in [0.25, 0.3) is 0 Å². The Kier molecular flexibility index (Phi) is 7.25. The second kappa shape index (κ2) is 9.88. The molecule has 0 saturated carbocycles. The summed E-state index contributed by atoms with van der Waals surface area (Å²) < 4.78 is 21.7. The molecule has 30 heavy (non-hydrogen) atoms. The molecule has 2 aromatic rings. The molecule has 0 aliphatic carbocycles. The summed E-state index contributed by atoms with van der Waals surface area (Å²) in [5.74, 6) is 0.674. The number of benzene rings is 2. The van der Waals surface area contributed by atoms with Crippen LogP contribution in [0, 0.1) is 0 Å². The molecule has 8 heteroatoms. The molecule has 4 N–H and O–H groups in total. The van der Waals surface area contributed by atoms with Gasteiger partial charge in [-0.1, -0.05) is 6.07 Å². The van der Waals surface area contributed by atoms with Crippen LogP contribution in [0.1, 0.15) is 36.5 Å². The summed E-state index contributed by atoms with van der Waals surface area (Å²) in [5, 5.41) is 39.2. The second-order valence-electron chi connectivity index (χ2n) is 7.26. The molecular weight excluding hydrogens is 392 g/mol. The molecule has 1 saturated heterocycles. The summed E-state index contributed by atoms with van der Waals surface area (Å²) in [6.07, 6.45) is 1.18. The third-order valence-electron chi connectivity index (χ3n) is 5.25. The molecule has 0 aromatic heterocycles. The smallest absolute Gasteiger partial charge is 0.200 e. The number of aliphatic hydroxyl groups is 2. The first-order valence-electron chi connectivity index (χ1n) is 9.79. The van der Waals surface area contributed by atoms with Crippen molar-refractivity contribution in [1.82, 2.24) is 0 Å². The lowest BCUT2D eigenvalue weighted by Gasteiger charge is -2.34. The lowest BCUT2D eigenvalue weighted by molar-refractivity contribution is -0.0999. The van der Waals surface area contributed by atoms with Gasteiger partial charge in [0.05, 0.1) is 32.5 Å². The maximum atomic E-state index is 10.4. The minimum absolute atomic E-state index is 0.0348. The number of methoxy groups -OCH3 is 2. The van der Waals surface area contributed by atoms with Crippen LogP contribution >= 0.6 is 0 Å². The van der Waals surface area contributed by atoms with Gasteiger partial charge in [-0.25, -0.2) is 0 Å². The van der Waals surface area contributed by atoms with Gasteiger partial charge >= 0.3 is 0 Å². The molecule has 164 valence electrons. The Morgan fingerprint density at radius 2 is 1.70 bits per heavy atom. The molecule has 1 heterocycles. The summed E-state index contributed by atoms with van der Waals surface area (Å²) in [7, 11) is 2.92. The van der Waals surface area contributed by atoms with Gasteiger partial charge in [0.15, 0.2) is 29.8 Å². The van der Waals surface area contributed by atoms with E-state index in [0.717, 1.165) is 11.1 Å². The topological polar surface area (TPSA) is 118 Å². The first-order chi connectivity index (χ1) is 14.4. The van der Waals surface area contributed by atoms with Gasteiger partial charge in [-0.15, -0.1) is 0 Å². The Morgan fingerprint density at radius 1 is 1.00 bits per heavy atom. The Bertz CT molecular complexity index is 828. The highest BCUT2D eigenvalue weighted by Crippen LogP contribution is 2.42. The number of phenols is 2. The van der Waals surface area contributed by atoms with E-state index < -0.39 is 12.9 Å². The van der Waals surface area contributed by atoms with Crippen molar-refractivity contribution in [1.29, 1.82) is 0 Å². The van der Waals surface area contributed by atoms with E-state index in [1.807, 2.05) is 0 Å². The number of aliphatic hydroxyl groups excluding tert-OH is 2. The number of phenolic OH excluding ortho intramolecular Hbond substituents is 2. The zero-order valence-corrected chi connectivity index (χ0v) is 17.1. The van der Waals surface area contributed by atoms with Crippen molar-refractivity contribution in [3.05, 3.63) is 41.5 Å². The van der Waals surface area contributed by atoms with Crippen molar-refractivity contribution in [3.63, 3.8) is 0 Å². The highest BCUT2D eigenvalue weighted by molar-refractivity contribution is 5.53. The highest BCUT2D eigenvalue weighted by atomic mass is 16.6. The molecule has 0 spiro atoms. The minimum Gasteiger partial charge on any atom is -0.504 e. The van der Waals surface area contributed by atoms with E-state index in [4.69, 9.17) is 24.1 Å². The maximum absolute atomic E-state index is 10.4. The van der Waals surface area contributed by atoms with E-state index in [1.54, 1.807) is 24.3 Å². The molecule has 0 bridgehead atoms. The van der Waals surface area contributed by atoms with E-state index in [9.17, 15) is 15.3 Å². The van der Waals surface area contributed by atoms with E-state index in [1.165, 1.54) is 20.3 Å². The Balaban J connectivity index is 1.71. The van der Waals surface area contributed by atoms with Gasteiger partial charge < -0.3 is 39.4 Å². The van der Waals surface area contributed by atoms with Crippen LogP contribution in [0.5, 0.6) is 28.7 Å². The van der Waals surface area contributed by atoms with Crippen molar-refractivity contribution in [3.8, 4) is 28.7 Å². The quantitative estimate of drug-likeness (QED) is 0.482.